The van der Waals surface area contributed by atoms with Gasteiger partial charge < -0.3 is 9.64 Å². The van der Waals surface area contributed by atoms with Crippen LogP contribution in [0.15, 0.2) is 48.7 Å². The van der Waals surface area contributed by atoms with Gasteiger partial charge in [0.1, 0.15) is 5.15 Å². The number of pyridine rings is 1. The number of halogens is 1. The number of anilines is 1. The molecule has 0 radical (unpaired) electrons. The first-order chi connectivity index (χ1) is 10.5. The molecule has 1 aromatic carbocycles. The molecule has 0 unspecified atom stereocenters. The van der Waals surface area contributed by atoms with Crippen LogP contribution in [0.5, 0.6) is 0 Å². The van der Waals surface area contributed by atoms with Crippen molar-refractivity contribution in [2.45, 2.75) is 13.0 Å². The van der Waals surface area contributed by atoms with Gasteiger partial charge in [0.25, 0.3) is 5.91 Å². The van der Waals surface area contributed by atoms with E-state index in [9.17, 15) is 9.59 Å². The number of amides is 1. The van der Waals surface area contributed by atoms with Gasteiger partial charge in [0, 0.05) is 18.9 Å². The normalized spacial score (nSPS) is 11.6. The molecule has 0 aliphatic rings. The standard InChI is InChI=1S/C16H15ClN2O3/c1-11(15(20)19(2)13-6-4-3-5-7-13)22-16(21)12-8-9-14(17)18-10-12/h3-11H,1-2H3/t11-/m0/s1. The zero-order chi connectivity index (χ0) is 16.1. The van der Waals surface area contributed by atoms with E-state index in [1.165, 1.54) is 30.2 Å². The fourth-order valence-electron chi connectivity index (χ4n) is 1.83. The van der Waals surface area contributed by atoms with E-state index >= 15 is 0 Å². The van der Waals surface area contributed by atoms with Crippen LogP contribution in [0.25, 0.3) is 0 Å². The molecule has 1 atom stereocenters. The molecule has 2 rings (SSSR count). The Hall–Kier alpha value is -2.40. The van der Waals surface area contributed by atoms with E-state index in [0.717, 1.165) is 5.69 Å². The number of ether oxygens (including phenoxy) is 1. The fourth-order valence-corrected chi connectivity index (χ4v) is 1.94. The van der Waals surface area contributed by atoms with E-state index < -0.39 is 12.1 Å². The van der Waals surface area contributed by atoms with Crippen molar-refractivity contribution in [3.05, 3.63) is 59.4 Å². The molecule has 6 heteroatoms. The predicted octanol–water partition coefficient (Wildman–Crippen LogP) is 2.94. The van der Waals surface area contributed by atoms with E-state index in [1.807, 2.05) is 18.2 Å². The third-order valence-electron chi connectivity index (χ3n) is 3.07. The molecule has 0 fully saturated rings. The van der Waals surface area contributed by atoms with E-state index in [2.05, 4.69) is 4.98 Å². The maximum Gasteiger partial charge on any atom is 0.340 e. The second-order valence-electron chi connectivity index (χ2n) is 4.65. The molecule has 0 bridgehead atoms. The van der Waals surface area contributed by atoms with Crippen LogP contribution in [-0.4, -0.2) is 30.0 Å². The third-order valence-corrected chi connectivity index (χ3v) is 3.29. The van der Waals surface area contributed by atoms with Crippen LogP contribution in [-0.2, 0) is 9.53 Å². The first-order valence-electron chi connectivity index (χ1n) is 6.64. The van der Waals surface area contributed by atoms with Crippen LogP contribution in [0, 0.1) is 0 Å². The van der Waals surface area contributed by atoms with Crippen LogP contribution >= 0.6 is 11.6 Å². The zero-order valence-electron chi connectivity index (χ0n) is 12.2. The summed E-state index contributed by atoms with van der Waals surface area (Å²) in [7, 11) is 1.63. The number of aromatic nitrogens is 1. The molecule has 0 spiro atoms. The molecule has 1 aromatic heterocycles. The SMILES string of the molecule is C[C@H](OC(=O)c1ccc(Cl)nc1)C(=O)N(C)c1ccccc1. The van der Waals surface area contributed by atoms with Crippen molar-refractivity contribution in [3.63, 3.8) is 0 Å². The first-order valence-corrected chi connectivity index (χ1v) is 7.02. The summed E-state index contributed by atoms with van der Waals surface area (Å²) in [6.45, 7) is 1.53. The lowest BCUT2D eigenvalue weighted by Crippen LogP contribution is -2.37. The average molecular weight is 319 g/mol. The van der Waals surface area contributed by atoms with Gasteiger partial charge in [-0.2, -0.15) is 0 Å². The van der Waals surface area contributed by atoms with Gasteiger partial charge in [0.15, 0.2) is 6.10 Å². The minimum atomic E-state index is -0.909. The van der Waals surface area contributed by atoms with Crippen molar-refractivity contribution in [1.82, 2.24) is 4.98 Å². The highest BCUT2D eigenvalue weighted by Gasteiger charge is 2.23. The molecule has 0 saturated carbocycles. The Morgan fingerprint density at radius 3 is 2.45 bits per heavy atom. The van der Waals surface area contributed by atoms with Gasteiger partial charge in [-0.25, -0.2) is 9.78 Å². The summed E-state index contributed by atoms with van der Waals surface area (Å²) in [6.07, 6.45) is 0.399. The smallest absolute Gasteiger partial charge is 0.340 e. The Bertz CT molecular complexity index is 659. The molecule has 1 heterocycles. The van der Waals surface area contributed by atoms with Crippen LogP contribution in [0.2, 0.25) is 5.15 Å². The summed E-state index contributed by atoms with van der Waals surface area (Å²) in [6, 6.07) is 12.1. The number of esters is 1. The highest BCUT2D eigenvalue weighted by molar-refractivity contribution is 6.29. The number of likely N-dealkylation sites (N-methyl/N-ethyl adjacent to an activating group) is 1. The Kier molecular flexibility index (Phi) is 5.12. The third kappa shape index (κ3) is 3.83. The molecular formula is C16H15ClN2O3. The second kappa shape index (κ2) is 7.04. The lowest BCUT2D eigenvalue weighted by atomic mass is 10.2. The largest absolute Gasteiger partial charge is 0.449 e. The number of nitrogens with zero attached hydrogens (tertiary/aromatic N) is 2. The van der Waals surface area contributed by atoms with Gasteiger partial charge in [-0.05, 0) is 31.2 Å². The Morgan fingerprint density at radius 1 is 1.18 bits per heavy atom. The van der Waals surface area contributed by atoms with Gasteiger partial charge in [-0.15, -0.1) is 0 Å². The number of carbonyl (C=O) groups excluding carboxylic acids is 2. The number of para-hydroxylation sites is 1. The highest BCUT2D eigenvalue weighted by atomic mass is 35.5. The lowest BCUT2D eigenvalue weighted by Gasteiger charge is -2.21. The van der Waals surface area contributed by atoms with Crippen molar-refractivity contribution >= 4 is 29.2 Å². The summed E-state index contributed by atoms with van der Waals surface area (Å²) >= 11 is 5.66. The molecule has 114 valence electrons. The summed E-state index contributed by atoms with van der Waals surface area (Å²) in [5.41, 5.74) is 0.968. The molecule has 0 aliphatic heterocycles. The van der Waals surface area contributed by atoms with Gasteiger partial charge in [-0.3, -0.25) is 4.79 Å². The topological polar surface area (TPSA) is 59.5 Å². The van der Waals surface area contributed by atoms with Crippen LogP contribution in [0.3, 0.4) is 0 Å². The number of hydrogen-bond donors (Lipinski definition) is 0. The minimum absolute atomic E-state index is 0.242. The van der Waals surface area contributed by atoms with Gasteiger partial charge in [0.05, 0.1) is 5.56 Å². The number of benzene rings is 1. The molecule has 0 N–H and O–H groups in total. The number of hydrogen-bond acceptors (Lipinski definition) is 4. The van der Waals surface area contributed by atoms with Gasteiger partial charge in [-0.1, -0.05) is 29.8 Å². The van der Waals surface area contributed by atoms with Crippen LogP contribution in [0.4, 0.5) is 5.69 Å². The van der Waals surface area contributed by atoms with Crippen molar-refractivity contribution in [2.24, 2.45) is 0 Å². The number of rotatable bonds is 4. The maximum atomic E-state index is 12.3. The zero-order valence-corrected chi connectivity index (χ0v) is 12.9. The van der Waals surface area contributed by atoms with E-state index in [4.69, 9.17) is 16.3 Å². The van der Waals surface area contributed by atoms with Gasteiger partial charge >= 0.3 is 5.97 Å². The Labute approximate surface area is 133 Å². The molecule has 5 nitrogen and oxygen atoms in total. The van der Waals surface area contributed by atoms with Crippen LogP contribution < -0.4 is 4.90 Å². The summed E-state index contributed by atoms with van der Waals surface area (Å²) in [5.74, 6) is -0.937. The first kappa shape index (κ1) is 16.0. The molecule has 0 aliphatic carbocycles. The van der Waals surface area contributed by atoms with Crippen molar-refractivity contribution < 1.29 is 14.3 Å². The Balaban J connectivity index is 2.02. The monoisotopic (exact) mass is 318 g/mol. The van der Waals surface area contributed by atoms with E-state index in [1.54, 1.807) is 19.2 Å². The highest BCUT2D eigenvalue weighted by Crippen LogP contribution is 2.14. The van der Waals surface area contributed by atoms with Crippen molar-refractivity contribution in [3.8, 4) is 0 Å². The average Bonchev–Trinajstić information content (AvgIpc) is 2.54. The summed E-state index contributed by atoms with van der Waals surface area (Å²) in [4.78, 5) is 29.5. The molecule has 1 amide bonds. The minimum Gasteiger partial charge on any atom is -0.449 e. The number of carbonyl (C=O) groups is 2. The maximum absolute atomic E-state index is 12.3. The van der Waals surface area contributed by atoms with Crippen molar-refractivity contribution in [1.29, 1.82) is 0 Å². The van der Waals surface area contributed by atoms with Gasteiger partial charge in [0.2, 0.25) is 0 Å². The molecule has 22 heavy (non-hydrogen) atoms. The van der Waals surface area contributed by atoms with E-state index in [-0.39, 0.29) is 16.6 Å². The molecule has 2 aromatic rings. The fraction of sp³-hybridized carbons (Fsp3) is 0.188. The second-order valence-corrected chi connectivity index (χ2v) is 5.04. The summed E-state index contributed by atoms with van der Waals surface area (Å²) < 4.78 is 5.17. The molecule has 0 saturated heterocycles. The summed E-state index contributed by atoms with van der Waals surface area (Å²) in [5, 5.41) is 0.282. The quantitative estimate of drug-likeness (QED) is 0.642. The van der Waals surface area contributed by atoms with Crippen LogP contribution in [0.1, 0.15) is 17.3 Å². The molecular weight excluding hydrogens is 304 g/mol. The van der Waals surface area contributed by atoms with E-state index in [0.29, 0.717) is 0 Å². The van der Waals surface area contributed by atoms with Crippen molar-refractivity contribution in [2.75, 3.05) is 11.9 Å². The predicted molar refractivity (Wildman–Crippen MR) is 84.0 cm³/mol. The lowest BCUT2D eigenvalue weighted by molar-refractivity contribution is -0.126. The Morgan fingerprint density at radius 2 is 1.86 bits per heavy atom.